The van der Waals surface area contributed by atoms with Gasteiger partial charge in [0, 0.05) is 19.0 Å². The van der Waals surface area contributed by atoms with E-state index in [0.29, 0.717) is 6.61 Å². The molecule has 8 nitrogen and oxygen atoms in total. The summed E-state index contributed by atoms with van der Waals surface area (Å²) in [6.45, 7) is 9.60. The highest BCUT2D eigenvalue weighted by atomic mass is 32.1. The van der Waals surface area contributed by atoms with Crippen molar-refractivity contribution < 1.29 is 19.1 Å². The second-order valence-electron chi connectivity index (χ2n) is 4.99. The van der Waals surface area contributed by atoms with Gasteiger partial charge in [-0.25, -0.2) is 4.98 Å². The summed E-state index contributed by atoms with van der Waals surface area (Å²) >= 11 is 1.38. The van der Waals surface area contributed by atoms with Crippen LogP contribution in [0, 0.1) is 0 Å². The van der Waals surface area contributed by atoms with E-state index in [0.717, 1.165) is 17.8 Å². The van der Waals surface area contributed by atoms with Gasteiger partial charge in [-0.3, -0.25) is 14.4 Å². The number of hydrogen-bond acceptors (Lipinski definition) is 6. The minimum absolute atomic E-state index is 0.157. The molecule has 0 spiro atoms. The molecule has 0 bridgehead atoms. The summed E-state index contributed by atoms with van der Waals surface area (Å²) in [5.41, 5.74) is -0.144. The molecule has 9 heteroatoms. The van der Waals surface area contributed by atoms with E-state index in [4.69, 9.17) is 4.74 Å². The van der Waals surface area contributed by atoms with Gasteiger partial charge < -0.3 is 20.7 Å². The number of methoxy groups -OCH3 is 1. The topological polar surface area (TPSA) is 109 Å². The zero-order valence-electron chi connectivity index (χ0n) is 14.3. The van der Waals surface area contributed by atoms with Gasteiger partial charge in [0.15, 0.2) is 0 Å². The molecule has 0 atom stereocenters. The lowest BCUT2D eigenvalue weighted by atomic mass is 10.3. The van der Waals surface area contributed by atoms with Gasteiger partial charge in [-0.05, 0) is 12.8 Å². The molecule has 0 saturated carbocycles. The standard InChI is InChI=1S/C16H22N4O4S/c1-5-6-13-20-12(9-25-13)16(23)19-11(3)15(22)18-10(2)14(21)17-7-8-24-4/h9H,2-3,5-8H2,1,4H3,(H,17,21)(H,18,22)(H,19,23). The average molecular weight is 366 g/mol. The van der Waals surface area contributed by atoms with Gasteiger partial charge >= 0.3 is 0 Å². The van der Waals surface area contributed by atoms with Crippen molar-refractivity contribution in [1.82, 2.24) is 20.9 Å². The van der Waals surface area contributed by atoms with Gasteiger partial charge in [0.05, 0.1) is 23.0 Å². The fraction of sp³-hybridized carbons (Fsp3) is 0.375. The number of aryl methyl sites for hydroxylation is 1. The van der Waals surface area contributed by atoms with Crippen LogP contribution in [-0.4, -0.2) is 43.0 Å². The Morgan fingerprint density at radius 3 is 2.52 bits per heavy atom. The van der Waals surface area contributed by atoms with E-state index in [9.17, 15) is 14.4 Å². The highest BCUT2D eigenvalue weighted by molar-refractivity contribution is 7.09. The summed E-state index contributed by atoms with van der Waals surface area (Å²) < 4.78 is 4.80. The highest BCUT2D eigenvalue weighted by Crippen LogP contribution is 2.11. The molecule has 0 aliphatic heterocycles. The summed E-state index contributed by atoms with van der Waals surface area (Å²) in [6.07, 6.45) is 1.72. The molecule has 25 heavy (non-hydrogen) atoms. The van der Waals surface area contributed by atoms with E-state index >= 15 is 0 Å². The molecule has 136 valence electrons. The van der Waals surface area contributed by atoms with Crippen LogP contribution in [0.25, 0.3) is 0 Å². The van der Waals surface area contributed by atoms with Crippen LogP contribution in [0.3, 0.4) is 0 Å². The van der Waals surface area contributed by atoms with Crippen molar-refractivity contribution in [2.75, 3.05) is 20.3 Å². The SMILES string of the molecule is C=C(NC(=O)C(=C)NC(=O)c1csc(CCC)n1)C(=O)NCCOC. The summed E-state index contributed by atoms with van der Waals surface area (Å²) in [5, 5.41) is 9.60. The van der Waals surface area contributed by atoms with E-state index in [-0.39, 0.29) is 23.6 Å². The van der Waals surface area contributed by atoms with E-state index in [1.54, 1.807) is 5.38 Å². The molecular formula is C16H22N4O4S. The second-order valence-corrected chi connectivity index (χ2v) is 5.93. The maximum absolute atomic E-state index is 12.0. The molecule has 0 aliphatic rings. The van der Waals surface area contributed by atoms with Crippen LogP contribution in [0.1, 0.15) is 28.8 Å². The number of carbonyl (C=O) groups excluding carboxylic acids is 3. The molecule has 1 aromatic rings. The zero-order valence-corrected chi connectivity index (χ0v) is 15.1. The van der Waals surface area contributed by atoms with Crippen molar-refractivity contribution in [2.45, 2.75) is 19.8 Å². The Bertz CT molecular complexity index is 669. The first-order valence-corrected chi connectivity index (χ1v) is 8.49. The van der Waals surface area contributed by atoms with Crippen molar-refractivity contribution in [3.8, 4) is 0 Å². The molecule has 3 N–H and O–H groups in total. The number of ether oxygens (including phenoxy) is 1. The molecule has 1 heterocycles. The second kappa shape index (κ2) is 10.4. The molecule has 0 radical (unpaired) electrons. The number of thiazole rings is 1. The minimum atomic E-state index is -0.732. The lowest BCUT2D eigenvalue weighted by Crippen LogP contribution is -2.39. The van der Waals surface area contributed by atoms with Crippen molar-refractivity contribution in [3.05, 3.63) is 40.6 Å². The largest absolute Gasteiger partial charge is 0.383 e. The Kier molecular flexibility index (Phi) is 8.51. The summed E-state index contributed by atoms with van der Waals surface area (Å²) in [6, 6.07) is 0. The van der Waals surface area contributed by atoms with E-state index in [2.05, 4.69) is 34.1 Å². The number of nitrogens with one attached hydrogen (secondary N) is 3. The predicted octanol–water partition coefficient (Wildman–Crippen LogP) is 0.732. The third kappa shape index (κ3) is 6.86. The van der Waals surface area contributed by atoms with E-state index in [1.165, 1.54) is 18.4 Å². The average Bonchev–Trinajstić information content (AvgIpc) is 3.03. The summed E-state index contributed by atoms with van der Waals surface area (Å²) in [7, 11) is 1.50. The smallest absolute Gasteiger partial charge is 0.275 e. The van der Waals surface area contributed by atoms with Crippen molar-refractivity contribution in [2.24, 2.45) is 0 Å². The van der Waals surface area contributed by atoms with Gasteiger partial charge in [0.25, 0.3) is 17.7 Å². The van der Waals surface area contributed by atoms with Gasteiger partial charge in [0.1, 0.15) is 5.69 Å². The number of carbonyl (C=O) groups is 3. The molecule has 0 unspecified atom stereocenters. The summed E-state index contributed by atoms with van der Waals surface area (Å²) in [5.74, 6) is -1.81. The van der Waals surface area contributed by atoms with Crippen LogP contribution >= 0.6 is 11.3 Å². The van der Waals surface area contributed by atoms with Gasteiger partial charge in [-0.2, -0.15) is 0 Å². The molecule has 3 amide bonds. The number of nitrogens with zero attached hydrogens (tertiary/aromatic N) is 1. The molecule has 0 fully saturated rings. The van der Waals surface area contributed by atoms with Crippen LogP contribution in [0.5, 0.6) is 0 Å². The Hall–Kier alpha value is -2.52. The van der Waals surface area contributed by atoms with Gasteiger partial charge in [0.2, 0.25) is 0 Å². The predicted molar refractivity (Wildman–Crippen MR) is 94.9 cm³/mol. The minimum Gasteiger partial charge on any atom is -0.383 e. The van der Waals surface area contributed by atoms with E-state index in [1.807, 2.05) is 6.92 Å². The lowest BCUT2D eigenvalue weighted by Gasteiger charge is -2.10. The fourth-order valence-electron chi connectivity index (χ4n) is 1.64. The monoisotopic (exact) mass is 366 g/mol. The lowest BCUT2D eigenvalue weighted by molar-refractivity contribution is -0.121. The number of rotatable bonds is 10. The van der Waals surface area contributed by atoms with Crippen molar-refractivity contribution >= 4 is 29.1 Å². The Morgan fingerprint density at radius 2 is 1.88 bits per heavy atom. The Labute approximate surface area is 150 Å². The summed E-state index contributed by atoms with van der Waals surface area (Å²) in [4.78, 5) is 39.9. The van der Waals surface area contributed by atoms with Crippen LogP contribution in [0.4, 0.5) is 0 Å². The van der Waals surface area contributed by atoms with Crippen LogP contribution in [0.15, 0.2) is 29.9 Å². The van der Waals surface area contributed by atoms with Crippen LogP contribution < -0.4 is 16.0 Å². The first-order valence-electron chi connectivity index (χ1n) is 7.61. The van der Waals surface area contributed by atoms with Crippen molar-refractivity contribution in [3.63, 3.8) is 0 Å². The van der Waals surface area contributed by atoms with Crippen LogP contribution in [-0.2, 0) is 20.7 Å². The third-order valence-corrected chi connectivity index (χ3v) is 3.83. The van der Waals surface area contributed by atoms with E-state index < -0.39 is 17.7 Å². The molecule has 1 rings (SSSR count). The molecule has 0 aromatic carbocycles. The number of aromatic nitrogens is 1. The van der Waals surface area contributed by atoms with Crippen molar-refractivity contribution in [1.29, 1.82) is 0 Å². The Morgan fingerprint density at radius 1 is 1.20 bits per heavy atom. The molecule has 0 saturated heterocycles. The zero-order chi connectivity index (χ0) is 18.8. The number of amides is 3. The third-order valence-electron chi connectivity index (χ3n) is 2.92. The Balaban J connectivity index is 2.49. The fourth-order valence-corrected chi connectivity index (χ4v) is 2.52. The quantitative estimate of drug-likeness (QED) is 0.418. The first kappa shape index (κ1) is 20.5. The number of hydrogen-bond donors (Lipinski definition) is 3. The normalized spacial score (nSPS) is 10.0. The van der Waals surface area contributed by atoms with Crippen LogP contribution in [0.2, 0.25) is 0 Å². The first-order chi connectivity index (χ1) is 11.9. The van der Waals surface area contributed by atoms with Gasteiger partial charge in [-0.1, -0.05) is 20.1 Å². The molecule has 0 aliphatic carbocycles. The molecule has 1 aromatic heterocycles. The maximum atomic E-state index is 12.0. The highest BCUT2D eigenvalue weighted by Gasteiger charge is 2.17. The maximum Gasteiger partial charge on any atom is 0.275 e. The van der Waals surface area contributed by atoms with Gasteiger partial charge in [-0.15, -0.1) is 11.3 Å². The molecular weight excluding hydrogens is 344 g/mol.